The summed E-state index contributed by atoms with van der Waals surface area (Å²) in [5.74, 6) is 0.608. The van der Waals surface area contributed by atoms with Crippen molar-refractivity contribution < 1.29 is 0 Å². The lowest BCUT2D eigenvalue weighted by molar-refractivity contribution is 0.270. The van der Waals surface area contributed by atoms with Crippen LogP contribution in [0.3, 0.4) is 0 Å². The summed E-state index contributed by atoms with van der Waals surface area (Å²) in [7, 11) is 0. The molecule has 1 unspecified atom stereocenters. The molecule has 92 valence electrons. The molecule has 0 bridgehead atoms. The molecule has 3 heteroatoms. The number of aromatic nitrogens is 2. The van der Waals surface area contributed by atoms with Crippen LogP contribution in [0.15, 0.2) is 18.2 Å². The summed E-state index contributed by atoms with van der Waals surface area (Å²) in [5.41, 5.74) is 9.55. The van der Waals surface area contributed by atoms with E-state index in [4.69, 9.17) is 5.73 Å². The van der Waals surface area contributed by atoms with E-state index >= 15 is 0 Å². The predicted molar refractivity (Wildman–Crippen MR) is 73.0 cm³/mol. The zero-order valence-electron chi connectivity index (χ0n) is 11.3. The van der Waals surface area contributed by atoms with Gasteiger partial charge in [0.1, 0.15) is 0 Å². The standard InChI is InChI=1S/C14H21N3/c1-9-7-6-8-11-12(9)16-13(15)17(11)10(2)14(3,4)5/h6-8,10H,1-5H3,(H2,15,16). The second kappa shape index (κ2) is 3.76. The molecule has 1 aromatic heterocycles. The smallest absolute Gasteiger partial charge is 0.201 e. The number of nitrogen functional groups attached to an aromatic ring is 1. The summed E-state index contributed by atoms with van der Waals surface area (Å²) in [5, 5.41) is 0. The van der Waals surface area contributed by atoms with Crippen LogP contribution in [0.25, 0.3) is 11.0 Å². The Labute approximate surface area is 103 Å². The number of hydrogen-bond acceptors (Lipinski definition) is 2. The van der Waals surface area contributed by atoms with Crippen molar-refractivity contribution in [3.8, 4) is 0 Å². The van der Waals surface area contributed by atoms with E-state index in [1.165, 1.54) is 5.56 Å². The Kier molecular flexibility index (Phi) is 2.64. The zero-order chi connectivity index (χ0) is 12.8. The molecule has 0 aliphatic rings. The summed E-state index contributed by atoms with van der Waals surface area (Å²) in [6.45, 7) is 10.9. The number of fused-ring (bicyclic) bond motifs is 1. The molecule has 17 heavy (non-hydrogen) atoms. The first kappa shape index (κ1) is 12.0. The minimum atomic E-state index is 0.158. The Morgan fingerprint density at radius 1 is 1.29 bits per heavy atom. The van der Waals surface area contributed by atoms with Gasteiger partial charge in [-0.15, -0.1) is 0 Å². The van der Waals surface area contributed by atoms with E-state index in [0.717, 1.165) is 11.0 Å². The monoisotopic (exact) mass is 231 g/mol. The molecule has 0 amide bonds. The summed E-state index contributed by atoms with van der Waals surface area (Å²) >= 11 is 0. The number of anilines is 1. The Morgan fingerprint density at radius 3 is 2.53 bits per heavy atom. The molecule has 0 fully saturated rings. The molecule has 0 saturated heterocycles. The van der Waals surface area contributed by atoms with Gasteiger partial charge >= 0.3 is 0 Å². The third-order valence-corrected chi connectivity index (χ3v) is 3.59. The molecule has 0 aliphatic carbocycles. The molecular weight excluding hydrogens is 210 g/mol. The van der Waals surface area contributed by atoms with E-state index < -0.39 is 0 Å². The molecule has 1 heterocycles. The van der Waals surface area contributed by atoms with Gasteiger partial charge in [-0.2, -0.15) is 0 Å². The third-order valence-electron chi connectivity index (χ3n) is 3.59. The van der Waals surface area contributed by atoms with Gasteiger partial charge in [0.2, 0.25) is 5.95 Å². The number of benzene rings is 1. The quantitative estimate of drug-likeness (QED) is 0.816. The topological polar surface area (TPSA) is 43.8 Å². The minimum Gasteiger partial charge on any atom is -0.369 e. The fourth-order valence-corrected chi connectivity index (χ4v) is 2.07. The van der Waals surface area contributed by atoms with Crippen LogP contribution in [0.4, 0.5) is 5.95 Å². The minimum absolute atomic E-state index is 0.158. The third kappa shape index (κ3) is 1.90. The molecule has 0 spiro atoms. The molecule has 2 rings (SSSR count). The van der Waals surface area contributed by atoms with Crippen molar-refractivity contribution in [2.45, 2.75) is 40.7 Å². The molecule has 0 saturated carbocycles. The van der Waals surface area contributed by atoms with Crippen molar-refractivity contribution >= 4 is 17.0 Å². The van der Waals surface area contributed by atoms with Gasteiger partial charge in [-0.05, 0) is 30.9 Å². The molecule has 0 aliphatic heterocycles. The summed E-state index contributed by atoms with van der Waals surface area (Å²) in [6, 6.07) is 6.54. The first-order valence-electron chi connectivity index (χ1n) is 6.05. The summed E-state index contributed by atoms with van der Waals surface area (Å²) in [4.78, 5) is 4.49. The second-order valence-electron chi connectivity index (χ2n) is 5.82. The fourth-order valence-electron chi connectivity index (χ4n) is 2.07. The molecule has 1 atom stereocenters. The number of rotatable bonds is 1. The Balaban J connectivity index is 2.70. The van der Waals surface area contributed by atoms with Crippen molar-refractivity contribution in [2.75, 3.05) is 5.73 Å². The van der Waals surface area contributed by atoms with E-state index in [-0.39, 0.29) is 5.41 Å². The Bertz CT molecular complexity index is 546. The van der Waals surface area contributed by atoms with E-state index in [9.17, 15) is 0 Å². The average Bonchev–Trinajstić information content (AvgIpc) is 2.54. The van der Waals surface area contributed by atoms with Crippen molar-refractivity contribution in [3.63, 3.8) is 0 Å². The van der Waals surface area contributed by atoms with Gasteiger partial charge in [-0.3, -0.25) is 0 Å². The predicted octanol–water partition coefficient (Wildman–Crippen LogP) is 3.53. The number of imidazole rings is 1. The van der Waals surface area contributed by atoms with Gasteiger partial charge in [0.15, 0.2) is 0 Å². The second-order valence-corrected chi connectivity index (χ2v) is 5.82. The normalized spacial score (nSPS) is 14.2. The van der Waals surface area contributed by atoms with Crippen LogP contribution < -0.4 is 5.73 Å². The lowest BCUT2D eigenvalue weighted by Crippen LogP contribution is -2.22. The maximum Gasteiger partial charge on any atom is 0.201 e. The highest BCUT2D eigenvalue weighted by molar-refractivity contribution is 5.81. The molecule has 2 N–H and O–H groups in total. The highest BCUT2D eigenvalue weighted by Crippen LogP contribution is 2.35. The van der Waals surface area contributed by atoms with E-state index in [1.807, 2.05) is 0 Å². The van der Waals surface area contributed by atoms with Crippen LogP contribution in [0.5, 0.6) is 0 Å². The average molecular weight is 231 g/mol. The number of nitrogens with zero attached hydrogens (tertiary/aromatic N) is 2. The number of para-hydroxylation sites is 1. The Morgan fingerprint density at radius 2 is 1.94 bits per heavy atom. The largest absolute Gasteiger partial charge is 0.369 e. The molecular formula is C14H21N3. The summed E-state index contributed by atoms with van der Waals surface area (Å²) in [6.07, 6.45) is 0. The van der Waals surface area contributed by atoms with Crippen molar-refractivity contribution in [2.24, 2.45) is 5.41 Å². The SMILES string of the molecule is Cc1cccc2c1nc(N)n2C(C)C(C)(C)C. The van der Waals surface area contributed by atoms with Crippen molar-refractivity contribution in [1.82, 2.24) is 9.55 Å². The molecule has 0 radical (unpaired) electrons. The summed E-state index contributed by atoms with van der Waals surface area (Å²) < 4.78 is 2.14. The van der Waals surface area contributed by atoms with Gasteiger partial charge in [0, 0.05) is 6.04 Å². The van der Waals surface area contributed by atoms with Crippen LogP contribution in [-0.2, 0) is 0 Å². The number of hydrogen-bond donors (Lipinski definition) is 1. The highest BCUT2D eigenvalue weighted by atomic mass is 15.2. The van der Waals surface area contributed by atoms with Crippen LogP contribution in [0.2, 0.25) is 0 Å². The maximum atomic E-state index is 6.07. The lowest BCUT2D eigenvalue weighted by Gasteiger charge is -2.29. The van der Waals surface area contributed by atoms with Crippen molar-refractivity contribution in [3.05, 3.63) is 23.8 Å². The molecule has 2 aromatic rings. The molecule has 3 nitrogen and oxygen atoms in total. The van der Waals surface area contributed by atoms with Gasteiger partial charge in [0.25, 0.3) is 0 Å². The van der Waals surface area contributed by atoms with E-state index in [1.54, 1.807) is 0 Å². The number of aryl methyl sites for hydroxylation is 1. The highest BCUT2D eigenvalue weighted by Gasteiger charge is 2.25. The molecule has 1 aromatic carbocycles. The van der Waals surface area contributed by atoms with Gasteiger partial charge < -0.3 is 10.3 Å². The number of nitrogens with two attached hydrogens (primary N) is 1. The lowest BCUT2D eigenvalue weighted by atomic mass is 9.88. The maximum absolute atomic E-state index is 6.07. The van der Waals surface area contributed by atoms with Gasteiger partial charge in [-0.25, -0.2) is 4.98 Å². The van der Waals surface area contributed by atoms with Crippen LogP contribution in [0, 0.1) is 12.3 Å². The Hall–Kier alpha value is -1.51. The van der Waals surface area contributed by atoms with Crippen LogP contribution >= 0.6 is 0 Å². The van der Waals surface area contributed by atoms with E-state index in [2.05, 4.69) is 62.4 Å². The zero-order valence-corrected chi connectivity index (χ0v) is 11.3. The first-order valence-corrected chi connectivity index (χ1v) is 6.05. The van der Waals surface area contributed by atoms with Gasteiger partial charge in [0.05, 0.1) is 11.0 Å². The fraction of sp³-hybridized carbons (Fsp3) is 0.500. The van der Waals surface area contributed by atoms with Crippen LogP contribution in [-0.4, -0.2) is 9.55 Å². The van der Waals surface area contributed by atoms with Crippen LogP contribution in [0.1, 0.15) is 39.3 Å². The first-order chi connectivity index (χ1) is 7.82. The van der Waals surface area contributed by atoms with Crippen molar-refractivity contribution in [1.29, 1.82) is 0 Å². The van der Waals surface area contributed by atoms with Gasteiger partial charge in [-0.1, -0.05) is 32.9 Å². The van der Waals surface area contributed by atoms with E-state index in [0.29, 0.717) is 12.0 Å².